The molecule has 4 heteroatoms. The van der Waals surface area contributed by atoms with Crippen molar-refractivity contribution in [3.05, 3.63) is 59.9 Å². The second kappa shape index (κ2) is 7.07. The molecule has 0 radical (unpaired) electrons. The summed E-state index contributed by atoms with van der Waals surface area (Å²) in [5.74, 6) is 0. The number of nitrogens with one attached hydrogen (secondary N) is 1. The zero-order chi connectivity index (χ0) is 16.0. The maximum absolute atomic E-state index is 11.7. The molecule has 2 aromatic rings. The molecule has 1 N–H and O–H groups in total. The number of benzene rings is 1. The molecule has 0 atom stereocenters. The number of anilines is 1. The van der Waals surface area contributed by atoms with Crippen LogP contribution in [0.1, 0.15) is 31.9 Å². The van der Waals surface area contributed by atoms with E-state index in [2.05, 4.69) is 31.1 Å². The third-order valence-electron chi connectivity index (χ3n) is 3.37. The van der Waals surface area contributed by atoms with Crippen molar-refractivity contribution in [3.63, 3.8) is 0 Å². The molecule has 0 aliphatic heterocycles. The zero-order valence-electron chi connectivity index (χ0n) is 13.3. The maximum Gasteiger partial charge on any atom is 0.411 e. The van der Waals surface area contributed by atoms with Gasteiger partial charge in [-0.25, -0.2) is 4.79 Å². The Labute approximate surface area is 131 Å². The minimum absolute atomic E-state index is 0.101. The highest BCUT2D eigenvalue weighted by atomic mass is 16.5. The molecule has 0 saturated carbocycles. The van der Waals surface area contributed by atoms with Gasteiger partial charge in [-0.1, -0.05) is 32.9 Å². The molecule has 1 heterocycles. The van der Waals surface area contributed by atoms with Crippen molar-refractivity contribution in [2.24, 2.45) is 0 Å². The normalized spacial score (nSPS) is 11.0. The molecule has 2 rings (SSSR count). The zero-order valence-corrected chi connectivity index (χ0v) is 13.3. The molecular weight excluding hydrogens is 276 g/mol. The molecule has 0 unspecified atom stereocenters. The second-order valence-corrected chi connectivity index (χ2v) is 6.19. The number of aromatic nitrogens is 1. The van der Waals surface area contributed by atoms with E-state index in [9.17, 15) is 4.79 Å². The van der Waals surface area contributed by atoms with E-state index in [1.807, 2.05) is 36.4 Å². The van der Waals surface area contributed by atoms with Crippen LogP contribution >= 0.6 is 0 Å². The molecule has 116 valence electrons. The fourth-order valence-corrected chi connectivity index (χ4v) is 2.02. The van der Waals surface area contributed by atoms with Gasteiger partial charge < -0.3 is 4.74 Å². The summed E-state index contributed by atoms with van der Waals surface area (Å²) in [5, 5.41) is 2.73. The van der Waals surface area contributed by atoms with Crippen LogP contribution in [0.2, 0.25) is 0 Å². The number of carbonyl (C=O) groups is 1. The first kappa shape index (κ1) is 16.0. The first-order valence-electron chi connectivity index (χ1n) is 7.38. The van der Waals surface area contributed by atoms with Crippen LogP contribution in [0, 0.1) is 0 Å². The quantitative estimate of drug-likeness (QED) is 0.921. The first-order valence-corrected chi connectivity index (χ1v) is 7.38. The van der Waals surface area contributed by atoms with E-state index >= 15 is 0 Å². The Balaban J connectivity index is 1.79. The van der Waals surface area contributed by atoms with Crippen LogP contribution in [-0.4, -0.2) is 17.7 Å². The van der Waals surface area contributed by atoms with Gasteiger partial charge in [0, 0.05) is 24.5 Å². The SMILES string of the molecule is CC(C)(C)c1ccc(NC(=O)OCCc2ccncc2)cc1. The van der Waals surface area contributed by atoms with E-state index in [-0.39, 0.29) is 5.41 Å². The number of hydrogen-bond acceptors (Lipinski definition) is 3. The summed E-state index contributed by atoms with van der Waals surface area (Å²) >= 11 is 0. The average Bonchev–Trinajstić information content (AvgIpc) is 2.48. The lowest BCUT2D eigenvalue weighted by atomic mass is 9.87. The second-order valence-electron chi connectivity index (χ2n) is 6.19. The van der Waals surface area contributed by atoms with Crippen LogP contribution in [0.4, 0.5) is 10.5 Å². The fraction of sp³-hybridized carbons (Fsp3) is 0.333. The number of rotatable bonds is 4. The summed E-state index contributed by atoms with van der Waals surface area (Å²) in [6, 6.07) is 11.6. The summed E-state index contributed by atoms with van der Waals surface area (Å²) in [5.41, 5.74) is 3.16. The van der Waals surface area contributed by atoms with Crippen LogP contribution in [0.25, 0.3) is 0 Å². The van der Waals surface area contributed by atoms with E-state index in [1.165, 1.54) is 5.56 Å². The summed E-state index contributed by atoms with van der Waals surface area (Å²) in [6.07, 6.45) is 3.70. The molecular formula is C18H22N2O2. The summed E-state index contributed by atoms with van der Waals surface area (Å²) in [7, 11) is 0. The third kappa shape index (κ3) is 4.88. The van der Waals surface area contributed by atoms with Crippen LogP contribution in [-0.2, 0) is 16.6 Å². The van der Waals surface area contributed by atoms with Gasteiger partial charge in [0.05, 0.1) is 6.61 Å². The highest BCUT2D eigenvalue weighted by molar-refractivity contribution is 5.84. The minimum atomic E-state index is -0.433. The maximum atomic E-state index is 11.7. The van der Waals surface area contributed by atoms with Crippen LogP contribution < -0.4 is 5.32 Å². The van der Waals surface area contributed by atoms with Gasteiger partial charge in [-0.15, -0.1) is 0 Å². The number of pyridine rings is 1. The molecule has 0 aliphatic carbocycles. The Kier molecular flexibility index (Phi) is 5.15. The van der Waals surface area contributed by atoms with Crippen LogP contribution in [0.15, 0.2) is 48.8 Å². The largest absolute Gasteiger partial charge is 0.449 e. The van der Waals surface area contributed by atoms with Crippen molar-refractivity contribution < 1.29 is 9.53 Å². The Morgan fingerprint density at radius 3 is 2.32 bits per heavy atom. The highest BCUT2D eigenvalue weighted by Gasteiger charge is 2.13. The number of nitrogens with zero attached hydrogens (tertiary/aromatic N) is 1. The van der Waals surface area contributed by atoms with E-state index in [0.29, 0.717) is 13.0 Å². The topological polar surface area (TPSA) is 51.2 Å². The number of amides is 1. The van der Waals surface area contributed by atoms with E-state index in [0.717, 1.165) is 11.3 Å². The van der Waals surface area contributed by atoms with Gasteiger partial charge in [-0.3, -0.25) is 10.3 Å². The van der Waals surface area contributed by atoms with Gasteiger partial charge in [0.25, 0.3) is 0 Å². The van der Waals surface area contributed by atoms with Gasteiger partial charge in [-0.2, -0.15) is 0 Å². The summed E-state index contributed by atoms with van der Waals surface area (Å²) in [4.78, 5) is 15.7. The Bertz CT molecular complexity index is 601. The Morgan fingerprint density at radius 2 is 1.73 bits per heavy atom. The fourth-order valence-electron chi connectivity index (χ4n) is 2.02. The molecule has 1 aromatic carbocycles. The van der Waals surface area contributed by atoms with E-state index in [1.54, 1.807) is 12.4 Å². The minimum Gasteiger partial charge on any atom is -0.449 e. The Morgan fingerprint density at radius 1 is 1.09 bits per heavy atom. The lowest BCUT2D eigenvalue weighted by Gasteiger charge is -2.19. The molecule has 0 bridgehead atoms. The molecule has 0 saturated heterocycles. The van der Waals surface area contributed by atoms with Crippen molar-refractivity contribution in [2.45, 2.75) is 32.6 Å². The molecule has 4 nitrogen and oxygen atoms in total. The van der Waals surface area contributed by atoms with Crippen molar-refractivity contribution in [1.82, 2.24) is 4.98 Å². The molecule has 1 amide bonds. The van der Waals surface area contributed by atoms with Crippen molar-refractivity contribution in [2.75, 3.05) is 11.9 Å². The van der Waals surface area contributed by atoms with Gasteiger partial charge in [-0.05, 0) is 40.8 Å². The monoisotopic (exact) mass is 298 g/mol. The van der Waals surface area contributed by atoms with Crippen molar-refractivity contribution >= 4 is 11.8 Å². The molecule has 0 fully saturated rings. The number of hydrogen-bond donors (Lipinski definition) is 1. The molecule has 0 spiro atoms. The Hall–Kier alpha value is -2.36. The van der Waals surface area contributed by atoms with Gasteiger partial charge in [0.2, 0.25) is 0 Å². The third-order valence-corrected chi connectivity index (χ3v) is 3.37. The summed E-state index contributed by atoms with van der Waals surface area (Å²) < 4.78 is 5.18. The van der Waals surface area contributed by atoms with Crippen molar-refractivity contribution in [1.29, 1.82) is 0 Å². The highest BCUT2D eigenvalue weighted by Crippen LogP contribution is 2.23. The molecule has 1 aromatic heterocycles. The standard InChI is InChI=1S/C18H22N2O2/c1-18(2,3)15-4-6-16(7-5-15)20-17(21)22-13-10-14-8-11-19-12-9-14/h4-9,11-12H,10,13H2,1-3H3,(H,20,21). The number of carbonyl (C=O) groups excluding carboxylic acids is 1. The van der Waals surface area contributed by atoms with Gasteiger partial charge in [0.15, 0.2) is 0 Å². The number of ether oxygens (including phenoxy) is 1. The smallest absolute Gasteiger partial charge is 0.411 e. The lowest BCUT2D eigenvalue weighted by molar-refractivity contribution is 0.163. The predicted octanol–water partition coefficient (Wildman–Crippen LogP) is 4.17. The molecule has 0 aliphatic rings. The van der Waals surface area contributed by atoms with E-state index < -0.39 is 6.09 Å². The van der Waals surface area contributed by atoms with Crippen LogP contribution in [0.3, 0.4) is 0 Å². The average molecular weight is 298 g/mol. The molecule has 22 heavy (non-hydrogen) atoms. The van der Waals surface area contributed by atoms with Crippen molar-refractivity contribution in [3.8, 4) is 0 Å². The lowest BCUT2D eigenvalue weighted by Crippen LogP contribution is -2.16. The van der Waals surface area contributed by atoms with E-state index in [4.69, 9.17) is 4.74 Å². The predicted molar refractivity (Wildman–Crippen MR) is 88.1 cm³/mol. The first-order chi connectivity index (χ1) is 10.4. The van der Waals surface area contributed by atoms with Crippen LogP contribution in [0.5, 0.6) is 0 Å². The van der Waals surface area contributed by atoms with Gasteiger partial charge >= 0.3 is 6.09 Å². The summed E-state index contributed by atoms with van der Waals surface area (Å²) in [6.45, 7) is 6.81. The van der Waals surface area contributed by atoms with Gasteiger partial charge in [0.1, 0.15) is 0 Å².